The highest BCUT2D eigenvalue weighted by Gasteiger charge is 2.17. The number of hydrogen-bond acceptors (Lipinski definition) is 4. The van der Waals surface area contributed by atoms with Crippen molar-refractivity contribution in [3.8, 4) is 5.75 Å². The van der Waals surface area contributed by atoms with Crippen LogP contribution < -0.4 is 10.2 Å². The normalized spacial score (nSPS) is 11.3. The van der Waals surface area contributed by atoms with Gasteiger partial charge in [0.1, 0.15) is 10.6 Å². The van der Waals surface area contributed by atoms with Gasteiger partial charge >= 0.3 is 0 Å². The molecule has 0 aliphatic carbocycles. The number of halogens is 1. The number of nitrogens with zero attached hydrogens (tertiary/aromatic N) is 1. The molecule has 0 saturated heterocycles. The van der Waals surface area contributed by atoms with Crippen molar-refractivity contribution in [1.82, 2.24) is 5.43 Å². The second kappa shape index (κ2) is 7.39. The third kappa shape index (κ3) is 3.39. The summed E-state index contributed by atoms with van der Waals surface area (Å²) in [6.45, 7) is 0. The van der Waals surface area contributed by atoms with Crippen LogP contribution in [0.3, 0.4) is 0 Å². The van der Waals surface area contributed by atoms with Crippen molar-refractivity contribution in [1.29, 1.82) is 0 Å². The van der Waals surface area contributed by atoms with Gasteiger partial charge in [-0.15, -0.1) is 11.3 Å². The summed E-state index contributed by atoms with van der Waals surface area (Å²) in [6, 6.07) is 19.5. The Bertz CT molecular complexity index is 1180. The Hall–Kier alpha value is -2.89. The summed E-state index contributed by atoms with van der Waals surface area (Å²) in [7, 11) is 1.60. The number of amides is 1. The van der Waals surface area contributed by atoms with Crippen LogP contribution in [0, 0.1) is 0 Å². The largest absolute Gasteiger partial charge is 0.497 e. The molecule has 1 heterocycles. The summed E-state index contributed by atoms with van der Waals surface area (Å²) in [5, 5.41) is 7.56. The minimum Gasteiger partial charge on any atom is -0.497 e. The molecule has 6 heteroatoms. The topological polar surface area (TPSA) is 50.7 Å². The van der Waals surface area contributed by atoms with E-state index >= 15 is 0 Å². The highest BCUT2D eigenvalue weighted by atomic mass is 35.5. The van der Waals surface area contributed by atoms with Crippen LogP contribution in [0.2, 0.25) is 5.02 Å². The maximum absolute atomic E-state index is 12.5. The molecule has 0 unspecified atom stereocenters. The molecule has 134 valence electrons. The van der Waals surface area contributed by atoms with Gasteiger partial charge < -0.3 is 4.74 Å². The molecule has 0 saturated carbocycles. The number of fused-ring (bicyclic) bond motifs is 2. The van der Waals surface area contributed by atoms with Gasteiger partial charge in [0.25, 0.3) is 5.91 Å². The predicted octanol–water partition coefficient (Wildman–Crippen LogP) is 5.48. The first kappa shape index (κ1) is 17.5. The lowest BCUT2D eigenvalue weighted by molar-refractivity contribution is 0.0959. The zero-order valence-corrected chi connectivity index (χ0v) is 16.0. The lowest BCUT2D eigenvalue weighted by Crippen LogP contribution is -2.16. The van der Waals surface area contributed by atoms with E-state index in [0.717, 1.165) is 32.2 Å². The fourth-order valence-electron chi connectivity index (χ4n) is 2.89. The SMILES string of the molecule is COc1ccc2c(Cl)c(C(=O)N/N=C/c3cccc4ccccc34)sc2c1. The lowest BCUT2D eigenvalue weighted by Gasteiger charge is -2.01. The smallest absolute Gasteiger partial charge is 0.283 e. The summed E-state index contributed by atoms with van der Waals surface area (Å²) in [4.78, 5) is 12.9. The molecular weight excluding hydrogens is 380 g/mol. The molecule has 0 bridgehead atoms. The number of benzene rings is 3. The number of rotatable bonds is 4. The van der Waals surface area contributed by atoms with Crippen molar-refractivity contribution in [2.75, 3.05) is 7.11 Å². The molecule has 1 N–H and O–H groups in total. The van der Waals surface area contributed by atoms with Crippen LogP contribution in [-0.2, 0) is 0 Å². The van der Waals surface area contributed by atoms with Gasteiger partial charge in [-0.25, -0.2) is 5.43 Å². The van der Waals surface area contributed by atoms with Gasteiger partial charge in [0.2, 0.25) is 0 Å². The van der Waals surface area contributed by atoms with Crippen LogP contribution in [0.25, 0.3) is 20.9 Å². The number of nitrogens with one attached hydrogen (secondary N) is 1. The average Bonchev–Trinajstić information content (AvgIpc) is 3.04. The molecular formula is C21H15ClN2O2S. The van der Waals surface area contributed by atoms with Crippen molar-refractivity contribution in [2.45, 2.75) is 0 Å². The molecule has 0 atom stereocenters. The Morgan fingerprint density at radius 2 is 1.93 bits per heavy atom. The van der Waals surface area contributed by atoms with Crippen molar-refractivity contribution in [3.63, 3.8) is 0 Å². The summed E-state index contributed by atoms with van der Waals surface area (Å²) >= 11 is 7.69. The van der Waals surface area contributed by atoms with Gasteiger partial charge in [0.05, 0.1) is 18.3 Å². The number of methoxy groups -OCH3 is 1. The summed E-state index contributed by atoms with van der Waals surface area (Å²) in [5.41, 5.74) is 3.50. The molecule has 0 radical (unpaired) electrons. The molecule has 3 aromatic carbocycles. The molecule has 4 nitrogen and oxygen atoms in total. The highest BCUT2D eigenvalue weighted by molar-refractivity contribution is 7.21. The van der Waals surface area contributed by atoms with E-state index in [2.05, 4.69) is 10.5 Å². The van der Waals surface area contributed by atoms with Crippen LogP contribution in [-0.4, -0.2) is 19.2 Å². The number of hydrazone groups is 1. The molecule has 4 rings (SSSR count). The van der Waals surface area contributed by atoms with Gasteiger partial charge in [0, 0.05) is 15.6 Å². The maximum atomic E-state index is 12.5. The van der Waals surface area contributed by atoms with E-state index in [-0.39, 0.29) is 5.91 Å². The molecule has 1 aromatic heterocycles. The van der Waals surface area contributed by atoms with Gasteiger partial charge in [0.15, 0.2) is 0 Å². The Labute approximate surface area is 165 Å². The second-order valence-electron chi connectivity index (χ2n) is 5.87. The van der Waals surface area contributed by atoms with Gasteiger partial charge in [-0.1, -0.05) is 54.1 Å². The molecule has 1 amide bonds. The first-order chi connectivity index (χ1) is 13.2. The van der Waals surface area contributed by atoms with Gasteiger partial charge in [-0.3, -0.25) is 4.79 Å². The molecule has 27 heavy (non-hydrogen) atoms. The van der Waals surface area contributed by atoms with Crippen molar-refractivity contribution in [2.24, 2.45) is 5.10 Å². The third-order valence-electron chi connectivity index (χ3n) is 4.24. The molecule has 0 aliphatic rings. The molecule has 0 fully saturated rings. The zero-order valence-electron chi connectivity index (χ0n) is 14.4. The standard InChI is InChI=1S/C21H15ClN2O2S/c1-26-15-9-10-17-18(11-15)27-20(19(17)22)21(25)24-23-12-14-7-4-6-13-5-2-3-8-16(13)14/h2-12H,1H3,(H,24,25)/b23-12+. The molecule has 4 aromatic rings. The summed E-state index contributed by atoms with van der Waals surface area (Å²) in [5.74, 6) is 0.387. The summed E-state index contributed by atoms with van der Waals surface area (Å²) < 4.78 is 6.11. The average molecular weight is 395 g/mol. The minimum atomic E-state index is -0.336. The number of carbonyl (C=O) groups excluding carboxylic acids is 1. The Kier molecular flexibility index (Phi) is 4.79. The molecule has 0 spiro atoms. The number of carbonyl (C=O) groups is 1. The van der Waals surface area contributed by atoms with Crippen molar-refractivity contribution >= 4 is 55.9 Å². The lowest BCUT2D eigenvalue weighted by atomic mass is 10.1. The third-order valence-corrected chi connectivity index (χ3v) is 5.89. The zero-order chi connectivity index (χ0) is 18.8. The van der Waals surface area contributed by atoms with Crippen LogP contribution in [0.1, 0.15) is 15.2 Å². The number of thiophene rings is 1. The first-order valence-electron chi connectivity index (χ1n) is 8.24. The van der Waals surface area contributed by atoms with E-state index in [4.69, 9.17) is 16.3 Å². The van der Waals surface area contributed by atoms with E-state index in [1.165, 1.54) is 11.3 Å². The van der Waals surface area contributed by atoms with Gasteiger partial charge in [-0.05, 0) is 29.0 Å². The van der Waals surface area contributed by atoms with E-state index in [1.807, 2.05) is 60.7 Å². The van der Waals surface area contributed by atoms with Crippen LogP contribution >= 0.6 is 22.9 Å². The van der Waals surface area contributed by atoms with E-state index in [1.54, 1.807) is 13.3 Å². The summed E-state index contributed by atoms with van der Waals surface area (Å²) in [6.07, 6.45) is 1.64. The monoisotopic (exact) mass is 394 g/mol. The minimum absolute atomic E-state index is 0.336. The van der Waals surface area contributed by atoms with E-state index in [0.29, 0.717) is 9.90 Å². The molecule has 0 aliphatic heterocycles. The van der Waals surface area contributed by atoms with Crippen LogP contribution in [0.4, 0.5) is 0 Å². The Morgan fingerprint density at radius 3 is 2.78 bits per heavy atom. The van der Waals surface area contributed by atoms with Crippen LogP contribution in [0.15, 0.2) is 65.8 Å². The van der Waals surface area contributed by atoms with Crippen molar-refractivity contribution in [3.05, 3.63) is 76.1 Å². The first-order valence-corrected chi connectivity index (χ1v) is 9.44. The van der Waals surface area contributed by atoms with E-state index < -0.39 is 0 Å². The fourth-order valence-corrected chi connectivity index (χ4v) is 4.33. The quantitative estimate of drug-likeness (QED) is 0.368. The van der Waals surface area contributed by atoms with Gasteiger partial charge in [-0.2, -0.15) is 5.10 Å². The second-order valence-corrected chi connectivity index (χ2v) is 7.30. The number of hydrogen-bond donors (Lipinski definition) is 1. The fraction of sp³-hybridized carbons (Fsp3) is 0.0476. The predicted molar refractivity (Wildman–Crippen MR) is 112 cm³/mol. The highest BCUT2D eigenvalue weighted by Crippen LogP contribution is 2.37. The van der Waals surface area contributed by atoms with E-state index in [9.17, 15) is 4.79 Å². The Balaban J connectivity index is 1.58. The van der Waals surface area contributed by atoms with Crippen molar-refractivity contribution < 1.29 is 9.53 Å². The van der Waals surface area contributed by atoms with Crippen LogP contribution in [0.5, 0.6) is 5.75 Å². The Morgan fingerprint density at radius 1 is 1.11 bits per heavy atom. The number of ether oxygens (including phenoxy) is 1. The maximum Gasteiger partial charge on any atom is 0.283 e.